The van der Waals surface area contributed by atoms with Gasteiger partial charge >= 0.3 is 6.09 Å². The van der Waals surface area contributed by atoms with Crippen LogP contribution in [0.2, 0.25) is 0 Å². The third kappa shape index (κ3) is 3.35. The molecule has 6 nitrogen and oxygen atoms in total. The van der Waals surface area contributed by atoms with Gasteiger partial charge in [0, 0.05) is 11.8 Å². The molecule has 1 aromatic carbocycles. The van der Waals surface area contributed by atoms with Gasteiger partial charge in [0.15, 0.2) is 0 Å². The minimum absolute atomic E-state index is 0.0877. The van der Waals surface area contributed by atoms with Crippen LogP contribution in [0.15, 0.2) is 18.2 Å². The second kappa shape index (κ2) is 5.06. The van der Waals surface area contributed by atoms with Gasteiger partial charge in [-0.2, -0.15) is 0 Å². The molecule has 82 valence electrons. The normalized spacial score (nSPS) is 9.47. The van der Waals surface area contributed by atoms with Crippen LogP contribution in [0.5, 0.6) is 5.75 Å². The molecule has 0 aliphatic rings. The number of nitrogen functional groups attached to an aromatic ring is 1. The average molecular weight is 211 g/mol. The van der Waals surface area contributed by atoms with Crippen LogP contribution < -0.4 is 21.7 Å². The zero-order valence-corrected chi connectivity index (χ0v) is 8.32. The van der Waals surface area contributed by atoms with Crippen LogP contribution in [0, 0.1) is 0 Å². The Morgan fingerprint density at radius 3 is 2.80 bits per heavy atom. The number of nitrogens with two attached hydrogens (primary N) is 2. The molecular formula is C9H13N3O3. The summed E-state index contributed by atoms with van der Waals surface area (Å²) in [4.78, 5) is 10.7. The third-order valence-corrected chi connectivity index (χ3v) is 1.71. The van der Waals surface area contributed by atoms with Crippen LogP contribution in [0.25, 0.3) is 0 Å². The van der Waals surface area contributed by atoms with Crippen LogP contribution in [-0.2, 0) is 11.3 Å². The van der Waals surface area contributed by atoms with E-state index in [0.29, 0.717) is 11.4 Å². The van der Waals surface area contributed by atoms with E-state index in [2.05, 4.69) is 0 Å². The van der Waals surface area contributed by atoms with Gasteiger partial charge in [0.05, 0.1) is 7.11 Å². The van der Waals surface area contributed by atoms with Gasteiger partial charge in [-0.25, -0.2) is 10.6 Å². The van der Waals surface area contributed by atoms with Crippen molar-refractivity contribution >= 4 is 11.8 Å². The maximum Gasteiger partial charge on any atom is 0.421 e. The van der Waals surface area contributed by atoms with Gasteiger partial charge < -0.3 is 15.2 Å². The van der Waals surface area contributed by atoms with Crippen molar-refractivity contribution in [3.8, 4) is 5.75 Å². The molecule has 0 radical (unpaired) electrons. The minimum atomic E-state index is -0.698. The van der Waals surface area contributed by atoms with E-state index >= 15 is 0 Å². The van der Waals surface area contributed by atoms with Crippen molar-refractivity contribution in [2.24, 2.45) is 5.84 Å². The molecule has 0 unspecified atom stereocenters. The van der Waals surface area contributed by atoms with Gasteiger partial charge in [-0.3, -0.25) is 5.43 Å². The molecule has 0 spiro atoms. The third-order valence-electron chi connectivity index (χ3n) is 1.71. The van der Waals surface area contributed by atoms with Crippen LogP contribution in [0.1, 0.15) is 5.56 Å². The fourth-order valence-electron chi connectivity index (χ4n) is 1.08. The fraction of sp³-hybridized carbons (Fsp3) is 0.222. The number of carbonyl (C=O) groups excluding carboxylic acids is 1. The number of benzene rings is 1. The summed E-state index contributed by atoms with van der Waals surface area (Å²) in [7, 11) is 1.53. The number of hydrazine groups is 1. The first-order valence-electron chi connectivity index (χ1n) is 4.22. The highest BCUT2D eigenvalue weighted by Crippen LogP contribution is 2.18. The van der Waals surface area contributed by atoms with Crippen molar-refractivity contribution < 1.29 is 14.3 Å². The first-order chi connectivity index (χ1) is 7.15. The number of carbonyl (C=O) groups is 1. The lowest BCUT2D eigenvalue weighted by Crippen LogP contribution is -2.30. The largest absolute Gasteiger partial charge is 0.497 e. The van der Waals surface area contributed by atoms with E-state index in [-0.39, 0.29) is 6.61 Å². The van der Waals surface area contributed by atoms with Gasteiger partial charge in [0.1, 0.15) is 12.4 Å². The van der Waals surface area contributed by atoms with E-state index in [9.17, 15) is 4.79 Å². The lowest BCUT2D eigenvalue weighted by molar-refractivity contribution is 0.139. The predicted octanol–water partition coefficient (Wildman–Crippen LogP) is 0.377. The first kappa shape index (κ1) is 11.1. The van der Waals surface area contributed by atoms with Gasteiger partial charge in [0.25, 0.3) is 0 Å². The maximum absolute atomic E-state index is 10.7. The molecule has 1 rings (SSSR count). The second-order valence-electron chi connectivity index (χ2n) is 2.83. The zero-order valence-electron chi connectivity index (χ0n) is 8.32. The summed E-state index contributed by atoms with van der Waals surface area (Å²) < 4.78 is 9.75. The highest BCUT2D eigenvalue weighted by atomic mass is 16.5. The Morgan fingerprint density at radius 1 is 1.47 bits per heavy atom. The lowest BCUT2D eigenvalue weighted by atomic mass is 10.2. The quantitative estimate of drug-likeness (QED) is 0.290. The number of amides is 1. The van der Waals surface area contributed by atoms with E-state index in [4.69, 9.17) is 21.1 Å². The molecule has 5 N–H and O–H groups in total. The Morgan fingerprint density at radius 2 is 2.20 bits per heavy atom. The molecule has 1 amide bonds. The highest BCUT2D eigenvalue weighted by molar-refractivity contribution is 5.66. The summed E-state index contributed by atoms with van der Waals surface area (Å²) in [6, 6.07) is 5.08. The highest BCUT2D eigenvalue weighted by Gasteiger charge is 2.02. The zero-order chi connectivity index (χ0) is 11.3. The van der Waals surface area contributed by atoms with E-state index in [0.717, 1.165) is 5.56 Å². The molecule has 0 aliphatic carbocycles. The Labute approximate surface area is 87.1 Å². The molecule has 0 saturated heterocycles. The lowest BCUT2D eigenvalue weighted by Gasteiger charge is -2.07. The average Bonchev–Trinajstić information content (AvgIpc) is 2.25. The van der Waals surface area contributed by atoms with Crippen molar-refractivity contribution in [2.45, 2.75) is 6.61 Å². The van der Waals surface area contributed by atoms with Gasteiger partial charge in [-0.15, -0.1) is 0 Å². The summed E-state index contributed by atoms with van der Waals surface area (Å²) in [6.45, 7) is 0.0877. The molecule has 0 aliphatic heterocycles. The molecule has 15 heavy (non-hydrogen) atoms. The predicted molar refractivity (Wildman–Crippen MR) is 54.9 cm³/mol. The van der Waals surface area contributed by atoms with E-state index in [1.165, 1.54) is 7.11 Å². The molecule has 0 bridgehead atoms. The van der Waals surface area contributed by atoms with E-state index in [1.54, 1.807) is 18.2 Å². The molecule has 0 aromatic heterocycles. The molecule has 0 saturated carbocycles. The number of methoxy groups -OCH3 is 1. The maximum atomic E-state index is 10.7. The van der Waals surface area contributed by atoms with Crippen molar-refractivity contribution in [3.05, 3.63) is 23.8 Å². The monoisotopic (exact) mass is 211 g/mol. The summed E-state index contributed by atoms with van der Waals surface area (Å²) in [5.74, 6) is 5.46. The molecule has 6 heteroatoms. The van der Waals surface area contributed by atoms with E-state index in [1.807, 2.05) is 5.43 Å². The van der Waals surface area contributed by atoms with Crippen molar-refractivity contribution in [3.63, 3.8) is 0 Å². The Bertz CT molecular complexity index is 354. The van der Waals surface area contributed by atoms with Gasteiger partial charge in [-0.1, -0.05) is 0 Å². The fourth-order valence-corrected chi connectivity index (χ4v) is 1.08. The van der Waals surface area contributed by atoms with Crippen molar-refractivity contribution in [1.82, 2.24) is 5.43 Å². The number of hydrogen-bond donors (Lipinski definition) is 3. The van der Waals surface area contributed by atoms with Gasteiger partial charge in [0.2, 0.25) is 0 Å². The Kier molecular flexibility index (Phi) is 3.75. The molecule has 0 fully saturated rings. The number of nitrogens with one attached hydrogen (secondary N) is 1. The number of rotatable bonds is 3. The number of anilines is 1. The smallest absolute Gasteiger partial charge is 0.421 e. The summed E-state index contributed by atoms with van der Waals surface area (Å²) in [6.07, 6.45) is -0.698. The summed E-state index contributed by atoms with van der Waals surface area (Å²) >= 11 is 0. The second-order valence-corrected chi connectivity index (χ2v) is 2.83. The van der Waals surface area contributed by atoms with Crippen LogP contribution >= 0.6 is 0 Å². The van der Waals surface area contributed by atoms with Gasteiger partial charge in [-0.05, 0) is 17.7 Å². The van der Waals surface area contributed by atoms with Crippen molar-refractivity contribution in [2.75, 3.05) is 12.8 Å². The molecular weight excluding hydrogens is 198 g/mol. The first-order valence-corrected chi connectivity index (χ1v) is 4.22. The summed E-state index contributed by atoms with van der Waals surface area (Å²) in [5, 5.41) is 0. The molecule has 0 heterocycles. The summed E-state index contributed by atoms with van der Waals surface area (Å²) in [5.41, 5.74) is 8.74. The SMILES string of the molecule is COc1cc(N)cc(COC(=O)NN)c1. The number of ether oxygens (including phenoxy) is 2. The topological polar surface area (TPSA) is 99.6 Å². The van der Waals surface area contributed by atoms with Crippen LogP contribution in [0.3, 0.4) is 0 Å². The van der Waals surface area contributed by atoms with Crippen LogP contribution in [0.4, 0.5) is 10.5 Å². The van der Waals surface area contributed by atoms with E-state index < -0.39 is 6.09 Å². The molecule has 0 atom stereocenters. The minimum Gasteiger partial charge on any atom is -0.497 e. The molecule has 1 aromatic rings. The van der Waals surface area contributed by atoms with Crippen molar-refractivity contribution in [1.29, 1.82) is 0 Å². The standard InChI is InChI=1S/C9H13N3O3/c1-14-8-3-6(2-7(10)4-8)5-15-9(13)12-11/h2-4H,5,10-11H2,1H3,(H,12,13). The Balaban J connectivity index is 2.68. The Hall–Kier alpha value is -1.95. The van der Waals surface area contributed by atoms with Crippen LogP contribution in [-0.4, -0.2) is 13.2 Å². The number of hydrogen-bond acceptors (Lipinski definition) is 5.